The van der Waals surface area contributed by atoms with Crippen LogP contribution in [0.2, 0.25) is 0 Å². The van der Waals surface area contributed by atoms with E-state index in [-0.39, 0.29) is 0 Å². The summed E-state index contributed by atoms with van der Waals surface area (Å²) < 4.78 is 6.80. The number of imidazole rings is 1. The third kappa shape index (κ3) is 2.14. The molecule has 0 amide bonds. The number of carbonyl (C=O) groups is 1. The smallest absolute Gasteiger partial charge is 0.170 e. The van der Waals surface area contributed by atoms with Crippen molar-refractivity contribution in [3.8, 4) is 0 Å². The number of nitrogens with zero attached hydrogens (tertiary/aromatic N) is 3. The second kappa shape index (κ2) is 4.97. The summed E-state index contributed by atoms with van der Waals surface area (Å²) in [6.07, 6.45) is 2.67. The second-order valence-electron chi connectivity index (χ2n) is 3.78. The van der Waals surface area contributed by atoms with E-state index in [1.807, 2.05) is 36.3 Å². The molecule has 0 unspecified atom stereocenters. The first-order valence-corrected chi connectivity index (χ1v) is 5.40. The molecule has 5 nitrogen and oxygen atoms in total. The van der Waals surface area contributed by atoms with Gasteiger partial charge in [0.1, 0.15) is 11.3 Å². The van der Waals surface area contributed by atoms with Gasteiger partial charge < -0.3 is 9.64 Å². The number of carbonyl (C=O) groups excluding carboxylic acids is 1. The number of aromatic nitrogens is 2. The van der Waals surface area contributed by atoms with Crippen molar-refractivity contribution in [2.75, 3.05) is 32.2 Å². The number of hydrogen-bond donors (Lipinski definition) is 0. The second-order valence-corrected chi connectivity index (χ2v) is 3.78. The molecule has 90 valence electrons. The van der Waals surface area contributed by atoms with Crippen molar-refractivity contribution in [2.45, 2.75) is 0 Å². The number of rotatable bonds is 5. The lowest BCUT2D eigenvalue weighted by Crippen LogP contribution is -2.23. The highest BCUT2D eigenvalue weighted by Gasteiger charge is 2.14. The molecule has 0 fully saturated rings. The molecule has 17 heavy (non-hydrogen) atoms. The summed E-state index contributed by atoms with van der Waals surface area (Å²) in [7, 11) is 3.55. The summed E-state index contributed by atoms with van der Waals surface area (Å²) in [4.78, 5) is 17.5. The normalized spacial score (nSPS) is 10.7. The van der Waals surface area contributed by atoms with E-state index in [9.17, 15) is 4.79 Å². The fourth-order valence-corrected chi connectivity index (χ4v) is 1.73. The Bertz CT molecular complexity index is 521. The highest BCUT2D eigenvalue weighted by atomic mass is 16.5. The zero-order chi connectivity index (χ0) is 12.3. The molecule has 2 aromatic heterocycles. The minimum absolute atomic E-state index is 0.569. The molecule has 5 heteroatoms. The van der Waals surface area contributed by atoms with Crippen LogP contribution in [0.3, 0.4) is 0 Å². The molecule has 0 N–H and O–H groups in total. The number of aldehydes is 1. The topological polar surface area (TPSA) is 46.8 Å². The number of hydrogen-bond acceptors (Lipinski definition) is 4. The zero-order valence-electron chi connectivity index (χ0n) is 9.96. The van der Waals surface area contributed by atoms with E-state index in [0.29, 0.717) is 24.7 Å². The van der Waals surface area contributed by atoms with Gasteiger partial charge >= 0.3 is 0 Å². The van der Waals surface area contributed by atoms with Crippen LogP contribution in [0.25, 0.3) is 5.65 Å². The minimum atomic E-state index is 0.569. The lowest BCUT2D eigenvalue weighted by Gasteiger charge is -2.16. The Morgan fingerprint density at radius 1 is 1.53 bits per heavy atom. The van der Waals surface area contributed by atoms with Gasteiger partial charge in [0, 0.05) is 26.9 Å². The number of pyridine rings is 1. The maximum absolute atomic E-state index is 11.2. The van der Waals surface area contributed by atoms with Crippen LogP contribution in [0.4, 0.5) is 5.82 Å². The first-order chi connectivity index (χ1) is 8.27. The maximum Gasteiger partial charge on any atom is 0.170 e. The van der Waals surface area contributed by atoms with Gasteiger partial charge in [-0.25, -0.2) is 4.98 Å². The Kier molecular flexibility index (Phi) is 3.39. The van der Waals surface area contributed by atoms with E-state index < -0.39 is 0 Å². The number of likely N-dealkylation sites (N-methyl/N-ethyl adjacent to an activating group) is 1. The van der Waals surface area contributed by atoms with E-state index >= 15 is 0 Å². The molecule has 2 aromatic rings. The van der Waals surface area contributed by atoms with E-state index in [1.54, 1.807) is 11.5 Å². The molecule has 0 saturated carbocycles. The van der Waals surface area contributed by atoms with Gasteiger partial charge in [-0.05, 0) is 12.1 Å². The third-order valence-corrected chi connectivity index (χ3v) is 2.65. The SMILES string of the molecule is COCCN(C)c1nc2ccccn2c1C=O. The number of fused-ring (bicyclic) bond motifs is 1. The van der Waals surface area contributed by atoms with Crippen molar-refractivity contribution in [3.63, 3.8) is 0 Å². The van der Waals surface area contributed by atoms with Gasteiger partial charge in [-0.2, -0.15) is 0 Å². The maximum atomic E-state index is 11.2. The van der Waals surface area contributed by atoms with E-state index in [2.05, 4.69) is 4.98 Å². The highest BCUT2D eigenvalue weighted by Crippen LogP contribution is 2.18. The van der Waals surface area contributed by atoms with Gasteiger partial charge in [0.15, 0.2) is 12.1 Å². The van der Waals surface area contributed by atoms with Crippen LogP contribution in [0.5, 0.6) is 0 Å². The summed E-state index contributed by atoms with van der Waals surface area (Å²) >= 11 is 0. The predicted molar refractivity (Wildman–Crippen MR) is 65.7 cm³/mol. The first-order valence-electron chi connectivity index (χ1n) is 5.40. The Morgan fingerprint density at radius 2 is 2.35 bits per heavy atom. The molecule has 0 saturated heterocycles. The van der Waals surface area contributed by atoms with Crippen LogP contribution in [-0.2, 0) is 4.74 Å². The fourth-order valence-electron chi connectivity index (χ4n) is 1.73. The van der Waals surface area contributed by atoms with Gasteiger partial charge in [-0.3, -0.25) is 9.20 Å². The Hall–Kier alpha value is -1.88. The van der Waals surface area contributed by atoms with Gasteiger partial charge in [-0.15, -0.1) is 0 Å². The van der Waals surface area contributed by atoms with E-state index in [1.165, 1.54) is 0 Å². The molecular formula is C12H15N3O2. The molecule has 0 spiro atoms. The summed E-state index contributed by atoms with van der Waals surface area (Å²) in [6.45, 7) is 1.30. The molecule has 0 aromatic carbocycles. The lowest BCUT2D eigenvalue weighted by molar-refractivity contribution is 0.111. The van der Waals surface area contributed by atoms with Crippen LogP contribution in [0.15, 0.2) is 24.4 Å². The predicted octanol–water partition coefficient (Wildman–Crippen LogP) is 1.23. The summed E-state index contributed by atoms with van der Waals surface area (Å²) in [5, 5.41) is 0. The molecule has 0 aliphatic carbocycles. The van der Waals surface area contributed by atoms with E-state index in [4.69, 9.17) is 4.74 Å². The molecule has 0 bridgehead atoms. The minimum Gasteiger partial charge on any atom is -0.383 e. The number of anilines is 1. The molecule has 0 aliphatic rings. The number of methoxy groups -OCH3 is 1. The fraction of sp³-hybridized carbons (Fsp3) is 0.333. The lowest BCUT2D eigenvalue weighted by atomic mass is 10.4. The summed E-state index contributed by atoms with van der Waals surface area (Å²) in [5.74, 6) is 0.684. The van der Waals surface area contributed by atoms with Crippen molar-refractivity contribution < 1.29 is 9.53 Å². The number of ether oxygens (including phenoxy) is 1. The highest BCUT2D eigenvalue weighted by molar-refractivity contribution is 5.83. The van der Waals surface area contributed by atoms with Crippen molar-refractivity contribution in [2.24, 2.45) is 0 Å². The molecule has 0 radical (unpaired) electrons. The Labute approximate surface area is 99.6 Å². The van der Waals surface area contributed by atoms with Crippen molar-refractivity contribution in [3.05, 3.63) is 30.1 Å². The quantitative estimate of drug-likeness (QED) is 0.729. The first kappa shape index (κ1) is 11.6. The monoisotopic (exact) mass is 233 g/mol. The molecule has 0 aliphatic heterocycles. The molecular weight excluding hydrogens is 218 g/mol. The average molecular weight is 233 g/mol. The standard InChI is InChI=1S/C12H15N3O2/c1-14(7-8-17-2)12-10(9-16)15-6-4-3-5-11(15)13-12/h3-6,9H,7-8H2,1-2H3. The van der Waals surface area contributed by atoms with Crippen molar-refractivity contribution >= 4 is 17.8 Å². The molecule has 2 heterocycles. The van der Waals surface area contributed by atoms with Crippen molar-refractivity contribution in [1.82, 2.24) is 9.38 Å². The average Bonchev–Trinajstić information content (AvgIpc) is 2.74. The largest absolute Gasteiger partial charge is 0.383 e. The molecule has 2 rings (SSSR count). The van der Waals surface area contributed by atoms with Crippen LogP contribution in [0.1, 0.15) is 10.5 Å². The van der Waals surface area contributed by atoms with Crippen LogP contribution in [0, 0.1) is 0 Å². The Morgan fingerprint density at radius 3 is 3.06 bits per heavy atom. The Balaban J connectivity index is 2.42. The zero-order valence-corrected chi connectivity index (χ0v) is 9.96. The van der Waals surface area contributed by atoms with Gasteiger partial charge in [-0.1, -0.05) is 6.07 Å². The van der Waals surface area contributed by atoms with E-state index in [0.717, 1.165) is 11.9 Å². The van der Waals surface area contributed by atoms with Gasteiger partial charge in [0.25, 0.3) is 0 Å². The third-order valence-electron chi connectivity index (χ3n) is 2.65. The summed E-state index contributed by atoms with van der Waals surface area (Å²) in [5.41, 5.74) is 1.34. The van der Waals surface area contributed by atoms with Crippen LogP contribution < -0.4 is 4.90 Å². The molecule has 0 atom stereocenters. The van der Waals surface area contributed by atoms with Gasteiger partial charge in [0.05, 0.1) is 6.61 Å². The van der Waals surface area contributed by atoms with Crippen molar-refractivity contribution in [1.29, 1.82) is 0 Å². The summed E-state index contributed by atoms with van der Waals surface area (Å²) in [6, 6.07) is 5.65. The van der Waals surface area contributed by atoms with Crippen LogP contribution >= 0.6 is 0 Å². The van der Waals surface area contributed by atoms with Crippen LogP contribution in [-0.4, -0.2) is 43.0 Å². The van der Waals surface area contributed by atoms with Gasteiger partial charge in [0.2, 0.25) is 0 Å².